The van der Waals surface area contributed by atoms with E-state index in [9.17, 15) is 9.90 Å². The van der Waals surface area contributed by atoms with Crippen molar-refractivity contribution in [2.24, 2.45) is 0 Å². The molecule has 1 fully saturated rings. The minimum Gasteiger partial charge on any atom is -0.498 e. The maximum Gasteiger partial charge on any atom is 0.257 e. The van der Waals surface area contributed by atoms with E-state index in [1.165, 1.54) is 0 Å². The molecule has 1 heterocycles. The van der Waals surface area contributed by atoms with E-state index in [1.807, 2.05) is 34.9 Å². The molecule has 0 aromatic heterocycles. The molecule has 0 N–H and O–H groups in total. The van der Waals surface area contributed by atoms with Crippen LogP contribution in [0.2, 0.25) is 0 Å². The molecule has 1 unspecified atom stereocenters. The highest BCUT2D eigenvalue weighted by atomic mass is 16.4. The summed E-state index contributed by atoms with van der Waals surface area (Å²) in [7, 11) is 4.03. The van der Waals surface area contributed by atoms with Gasteiger partial charge in [0.05, 0.1) is 18.1 Å². The average molecular weight is 228 g/mol. The van der Waals surface area contributed by atoms with Crippen LogP contribution < -0.4 is 5.11 Å². The van der Waals surface area contributed by atoms with Gasteiger partial charge in [-0.25, -0.2) is 0 Å². The standard InChI is InChI=1S/C12H24N2O2/c1-12(2,3)14(11(15)16)8-6-7-10(9-14)13(4)5/h10H,6-9H2,1-5H3/t10-,14?/m1/s1. The summed E-state index contributed by atoms with van der Waals surface area (Å²) in [4.78, 5) is 13.7. The van der Waals surface area contributed by atoms with Crippen molar-refractivity contribution in [2.75, 3.05) is 27.2 Å². The summed E-state index contributed by atoms with van der Waals surface area (Å²) >= 11 is 0. The normalized spacial score (nSPS) is 31.8. The summed E-state index contributed by atoms with van der Waals surface area (Å²) < 4.78 is 0.0792. The number of piperidine rings is 1. The first-order valence-electron chi connectivity index (χ1n) is 5.96. The molecule has 16 heavy (non-hydrogen) atoms. The second kappa shape index (κ2) is 4.34. The Morgan fingerprint density at radius 1 is 1.38 bits per heavy atom. The lowest BCUT2D eigenvalue weighted by molar-refractivity contribution is -0.925. The number of quaternary nitrogens is 1. The molecule has 0 saturated carbocycles. The highest BCUT2D eigenvalue weighted by Crippen LogP contribution is 2.31. The van der Waals surface area contributed by atoms with Gasteiger partial charge >= 0.3 is 0 Å². The van der Waals surface area contributed by atoms with E-state index in [1.54, 1.807) is 0 Å². The summed E-state index contributed by atoms with van der Waals surface area (Å²) in [6.07, 6.45) is 1.10. The van der Waals surface area contributed by atoms with Gasteiger partial charge in [0.25, 0.3) is 6.09 Å². The molecular weight excluding hydrogens is 204 g/mol. The SMILES string of the molecule is CN(C)[C@@H]1CCC[N+](C(=O)[O-])(C(C)(C)C)C1. The highest BCUT2D eigenvalue weighted by molar-refractivity contribution is 5.55. The van der Waals surface area contributed by atoms with Crippen molar-refractivity contribution in [3.05, 3.63) is 0 Å². The Bertz CT molecular complexity index is 271. The molecule has 1 saturated heterocycles. The van der Waals surface area contributed by atoms with Crippen molar-refractivity contribution in [3.8, 4) is 0 Å². The van der Waals surface area contributed by atoms with E-state index >= 15 is 0 Å². The van der Waals surface area contributed by atoms with E-state index in [-0.39, 0.29) is 10.0 Å². The molecule has 0 aliphatic carbocycles. The van der Waals surface area contributed by atoms with Crippen LogP contribution in [0, 0.1) is 0 Å². The molecule has 0 bridgehead atoms. The molecule has 1 rings (SSSR count). The number of likely N-dealkylation sites (N-methyl/N-ethyl adjacent to an activating group) is 1. The maximum atomic E-state index is 11.5. The highest BCUT2D eigenvalue weighted by Gasteiger charge is 2.46. The average Bonchev–Trinajstić information content (AvgIpc) is 2.15. The van der Waals surface area contributed by atoms with Gasteiger partial charge in [-0.1, -0.05) is 0 Å². The summed E-state index contributed by atoms with van der Waals surface area (Å²) in [6.45, 7) is 7.30. The Kier molecular flexibility index (Phi) is 3.65. The Balaban J connectivity index is 2.99. The fraction of sp³-hybridized carbons (Fsp3) is 0.917. The third-order valence-corrected chi connectivity index (χ3v) is 3.96. The smallest absolute Gasteiger partial charge is 0.257 e. The topological polar surface area (TPSA) is 43.4 Å². The lowest BCUT2D eigenvalue weighted by Crippen LogP contribution is -2.72. The van der Waals surface area contributed by atoms with E-state index < -0.39 is 6.09 Å². The van der Waals surface area contributed by atoms with Crippen molar-refractivity contribution < 1.29 is 14.4 Å². The monoisotopic (exact) mass is 228 g/mol. The minimum absolute atomic E-state index is 0.0792. The molecule has 1 aliphatic heterocycles. The van der Waals surface area contributed by atoms with Crippen molar-refractivity contribution in [3.63, 3.8) is 0 Å². The lowest BCUT2D eigenvalue weighted by Gasteiger charge is -2.52. The lowest BCUT2D eigenvalue weighted by atomic mass is 9.93. The van der Waals surface area contributed by atoms with Crippen molar-refractivity contribution >= 4 is 6.09 Å². The number of hydrogen-bond acceptors (Lipinski definition) is 3. The first kappa shape index (κ1) is 13.5. The molecule has 2 atom stereocenters. The number of nitrogens with zero attached hydrogens (tertiary/aromatic N) is 2. The van der Waals surface area contributed by atoms with Gasteiger partial charge in [0.2, 0.25) is 0 Å². The summed E-state index contributed by atoms with van der Waals surface area (Å²) in [6, 6.07) is 0.339. The van der Waals surface area contributed by atoms with Crippen LogP contribution in [0.1, 0.15) is 33.6 Å². The number of carboxylic acid groups (broad SMARTS) is 1. The van der Waals surface area contributed by atoms with Gasteiger partial charge < -0.3 is 14.8 Å². The van der Waals surface area contributed by atoms with Crippen LogP contribution >= 0.6 is 0 Å². The number of likely N-dealkylation sites (tertiary alicyclic amines) is 1. The first-order valence-corrected chi connectivity index (χ1v) is 5.96. The fourth-order valence-corrected chi connectivity index (χ4v) is 2.61. The zero-order valence-corrected chi connectivity index (χ0v) is 11.1. The summed E-state index contributed by atoms with van der Waals surface area (Å²) in [5, 5.41) is 11.5. The summed E-state index contributed by atoms with van der Waals surface area (Å²) in [5.74, 6) is 0. The number of carbonyl (C=O) groups is 1. The second-order valence-corrected chi connectivity index (χ2v) is 6.07. The van der Waals surface area contributed by atoms with Crippen LogP contribution in [0.4, 0.5) is 4.79 Å². The Hall–Kier alpha value is -0.610. The van der Waals surface area contributed by atoms with Crippen LogP contribution in [-0.2, 0) is 0 Å². The third-order valence-electron chi connectivity index (χ3n) is 3.96. The zero-order valence-electron chi connectivity index (χ0n) is 11.1. The van der Waals surface area contributed by atoms with Crippen molar-refractivity contribution in [2.45, 2.75) is 45.2 Å². The van der Waals surface area contributed by atoms with Gasteiger partial charge in [-0.3, -0.25) is 4.48 Å². The van der Waals surface area contributed by atoms with Crippen LogP contribution in [0.3, 0.4) is 0 Å². The predicted molar refractivity (Wildman–Crippen MR) is 61.9 cm³/mol. The molecule has 0 spiro atoms. The predicted octanol–water partition coefficient (Wildman–Crippen LogP) is 0.669. The summed E-state index contributed by atoms with van der Waals surface area (Å²) in [5.41, 5.74) is -0.298. The van der Waals surface area contributed by atoms with Gasteiger partial charge in [0.1, 0.15) is 6.54 Å². The molecule has 0 aromatic rings. The number of amides is 1. The van der Waals surface area contributed by atoms with E-state index in [2.05, 4.69) is 4.90 Å². The van der Waals surface area contributed by atoms with Crippen molar-refractivity contribution in [1.29, 1.82) is 0 Å². The van der Waals surface area contributed by atoms with Gasteiger partial charge in [-0.2, -0.15) is 0 Å². The second-order valence-electron chi connectivity index (χ2n) is 6.07. The molecule has 0 aromatic carbocycles. The largest absolute Gasteiger partial charge is 0.498 e. The van der Waals surface area contributed by atoms with E-state index in [4.69, 9.17) is 0 Å². The van der Waals surface area contributed by atoms with Crippen LogP contribution in [-0.4, -0.2) is 54.2 Å². The maximum absolute atomic E-state index is 11.5. The number of rotatable bonds is 1. The molecule has 0 radical (unpaired) electrons. The molecule has 94 valence electrons. The van der Waals surface area contributed by atoms with Crippen LogP contribution in [0.5, 0.6) is 0 Å². The Morgan fingerprint density at radius 3 is 2.31 bits per heavy atom. The number of carbonyl (C=O) groups excluding carboxylic acids is 1. The quantitative estimate of drug-likeness (QED) is 0.620. The van der Waals surface area contributed by atoms with Gasteiger partial charge in [-0.05, 0) is 47.7 Å². The third kappa shape index (κ3) is 2.23. The molecular formula is C12H24N2O2. The molecule has 4 heteroatoms. The van der Waals surface area contributed by atoms with Gasteiger partial charge in [0, 0.05) is 0 Å². The Labute approximate surface area is 98.4 Å². The van der Waals surface area contributed by atoms with Gasteiger partial charge in [0.15, 0.2) is 0 Å². The number of hydrogen-bond donors (Lipinski definition) is 0. The van der Waals surface area contributed by atoms with E-state index in [0.717, 1.165) is 12.8 Å². The van der Waals surface area contributed by atoms with Crippen LogP contribution in [0.15, 0.2) is 0 Å². The Morgan fingerprint density at radius 2 is 1.94 bits per heavy atom. The van der Waals surface area contributed by atoms with Crippen LogP contribution in [0.25, 0.3) is 0 Å². The molecule has 1 aliphatic rings. The minimum atomic E-state index is -0.931. The first-order chi connectivity index (χ1) is 7.21. The zero-order chi connectivity index (χ0) is 12.6. The molecule has 1 amide bonds. The van der Waals surface area contributed by atoms with E-state index in [0.29, 0.717) is 19.1 Å². The van der Waals surface area contributed by atoms with Crippen molar-refractivity contribution in [1.82, 2.24) is 4.90 Å². The van der Waals surface area contributed by atoms with Gasteiger partial charge in [-0.15, -0.1) is 0 Å². The molecule has 4 nitrogen and oxygen atoms in total. The fourth-order valence-electron chi connectivity index (χ4n) is 2.61.